The third-order valence-corrected chi connectivity index (χ3v) is 3.63. The summed E-state index contributed by atoms with van der Waals surface area (Å²) in [5, 5.41) is 15.7. The lowest BCUT2D eigenvalue weighted by molar-refractivity contribution is -0.137. The second-order valence-electron chi connectivity index (χ2n) is 5.74. The van der Waals surface area contributed by atoms with Gasteiger partial charge in [0, 0.05) is 13.1 Å². The third-order valence-electron chi connectivity index (χ3n) is 3.63. The molecule has 0 aliphatic carbocycles. The normalized spacial score (nSPS) is 12.1. The number of phenols is 1. The summed E-state index contributed by atoms with van der Waals surface area (Å²) < 4.78 is 38.3. The molecular formula is C19H22F3N3O. The number of alkyl halides is 3. The molecule has 4 nitrogen and oxygen atoms in total. The lowest BCUT2D eigenvalue weighted by atomic mass is 10.1. The molecule has 0 aromatic heterocycles. The van der Waals surface area contributed by atoms with Crippen molar-refractivity contribution in [2.45, 2.75) is 26.1 Å². The van der Waals surface area contributed by atoms with Gasteiger partial charge in [0.05, 0.1) is 12.1 Å². The number of aliphatic imine (C=N–C) groups is 1. The number of benzene rings is 2. The highest BCUT2D eigenvalue weighted by molar-refractivity contribution is 5.79. The van der Waals surface area contributed by atoms with Crippen molar-refractivity contribution in [2.24, 2.45) is 4.99 Å². The van der Waals surface area contributed by atoms with Gasteiger partial charge >= 0.3 is 6.18 Å². The first-order chi connectivity index (χ1) is 12.4. The third kappa shape index (κ3) is 6.31. The molecule has 140 valence electrons. The summed E-state index contributed by atoms with van der Waals surface area (Å²) in [5.41, 5.74) is 0.795. The predicted molar refractivity (Wildman–Crippen MR) is 96.1 cm³/mol. The van der Waals surface area contributed by atoms with Gasteiger partial charge in [0.1, 0.15) is 5.75 Å². The van der Waals surface area contributed by atoms with Crippen molar-refractivity contribution in [3.63, 3.8) is 0 Å². The van der Waals surface area contributed by atoms with Gasteiger partial charge in [-0.05, 0) is 48.7 Å². The summed E-state index contributed by atoms with van der Waals surface area (Å²) in [6.45, 7) is 3.28. The number of nitrogens with zero attached hydrogens (tertiary/aromatic N) is 1. The van der Waals surface area contributed by atoms with Crippen molar-refractivity contribution in [3.8, 4) is 5.75 Å². The van der Waals surface area contributed by atoms with Crippen LogP contribution in [0.5, 0.6) is 5.75 Å². The molecule has 2 rings (SSSR count). The maximum atomic E-state index is 12.8. The number of rotatable bonds is 6. The average molecular weight is 365 g/mol. The minimum Gasteiger partial charge on any atom is -0.508 e. The maximum Gasteiger partial charge on any atom is 0.416 e. The largest absolute Gasteiger partial charge is 0.508 e. The average Bonchev–Trinajstić information content (AvgIpc) is 2.59. The Morgan fingerprint density at radius 1 is 1.04 bits per heavy atom. The van der Waals surface area contributed by atoms with Gasteiger partial charge in [0.15, 0.2) is 5.96 Å². The van der Waals surface area contributed by atoms with E-state index in [0.29, 0.717) is 31.0 Å². The molecular weight excluding hydrogens is 343 g/mol. The number of guanidine groups is 1. The summed E-state index contributed by atoms with van der Waals surface area (Å²) in [7, 11) is 0. The first kappa shape index (κ1) is 19.6. The molecule has 0 radical (unpaired) electrons. The topological polar surface area (TPSA) is 56.7 Å². The van der Waals surface area contributed by atoms with E-state index in [9.17, 15) is 18.3 Å². The van der Waals surface area contributed by atoms with Crippen LogP contribution in [0, 0.1) is 0 Å². The summed E-state index contributed by atoms with van der Waals surface area (Å²) in [4.78, 5) is 4.33. The van der Waals surface area contributed by atoms with E-state index in [1.807, 2.05) is 13.0 Å². The van der Waals surface area contributed by atoms with Gasteiger partial charge in [-0.2, -0.15) is 13.2 Å². The Morgan fingerprint density at radius 2 is 1.77 bits per heavy atom. The molecule has 0 bridgehead atoms. The lowest BCUT2D eigenvalue weighted by Crippen LogP contribution is -2.38. The van der Waals surface area contributed by atoms with Gasteiger partial charge < -0.3 is 15.7 Å². The Hall–Kier alpha value is -2.70. The van der Waals surface area contributed by atoms with E-state index in [-0.39, 0.29) is 12.3 Å². The summed E-state index contributed by atoms with van der Waals surface area (Å²) in [6.07, 6.45) is -3.67. The van der Waals surface area contributed by atoms with Gasteiger partial charge in [0.2, 0.25) is 0 Å². The smallest absolute Gasteiger partial charge is 0.416 e. The standard InChI is InChI=1S/C19H22F3N3O/c1-2-23-18(24-10-9-14-5-4-8-17(26)12-14)25-13-15-6-3-7-16(11-15)19(20,21)22/h3-8,11-12,26H,2,9-10,13H2,1H3,(H2,23,24,25). The van der Waals surface area contributed by atoms with Crippen molar-refractivity contribution < 1.29 is 18.3 Å². The number of aromatic hydroxyl groups is 1. The van der Waals surface area contributed by atoms with Crippen molar-refractivity contribution in [1.82, 2.24) is 10.6 Å². The summed E-state index contributed by atoms with van der Waals surface area (Å²) in [5.74, 6) is 0.748. The van der Waals surface area contributed by atoms with Crippen molar-refractivity contribution in [1.29, 1.82) is 0 Å². The zero-order chi connectivity index (χ0) is 19.0. The molecule has 0 aliphatic rings. The molecule has 0 fully saturated rings. The predicted octanol–water partition coefficient (Wildman–Crippen LogP) is 3.71. The van der Waals surface area contributed by atoms with E-state index in [1.165, 1.54) is 6.07 Å². The minimum atomic E-state index is -4.36. The van der Waals surface area contributed by atoms with Gasteiger partial charge in [0.25, 0.3) is 0 Å². The van der Waals surface area contributed by atoms with Crippen LogP contribution in [0.2, 0.25) is 0 Å². The van der Waals surface area contributed by atoms with Crippen molar-refractivity contribution >= 4 is 5.96 Å². The fraction of sp³-hybridized carbons (Fsp3) is 0.316. The SMILES string of the molecule is CCNC(=NCc1cccc(C(F)(F)F)c1)NCCc1cccc(O)c1. The molecule has 3 N–H and O–H groups in total. The zero-order valence-electron chi connectivity index (χ0n) is 14.5. The number of halogens is 3. The summed E-state index contributed by atoms with van der Waals surface area (Å²) >= 11 is 0. The quantitative estimate of drug-likeness (QED) is 0.540. The second kappa shape index (κ2) is 9.12. The first-order valence-electron chi connectivity index (χ1n) is 8.34. The molecule has 0 aliphatic heterocycles. The number of nitrogens with one attached hydrogen (secondary N) is 2. The fourth-order valence-electron chi connectivity index (χ4n) is 2.40. The van der Waals surface area contributed by atoms with Crippen LogP contribution in [-0.2, 0) is 19.1 Å². The highest BCUT2D eigenvalue weighted by Gasteiger charge is 2.30. The van der Waals surface area contributed by atoms with Crippen molar-refractivity contribution in [3.05, 3.63) is 65.2 Å². The minimum absolute atomic E-state index is 0.144. The first-order valence-corrected chi connectivity index (χ1v) is 8.34. The highest BCUT2D eigenvalue weighted by Crippen LogP contribution is 2.29. The Kier molecular flexibility index (Phi) is 6.89. The van der Waals surface area contributed by atoms with E-state index in [4.69, 9.17) is 0 Å². The van der Waals surface area contributed by atoms with E-state index < -0.39 is 11.7 Å². The fourth-order valence-corrected chi connectivity index (χ4v) is 2.40. The Morgan fingerprint density at radius 3 is 2.46 bits per heavy atom. The molecule has 0 unspecified atom stereocenters. The molecule has 0 spiro atoms. The number of hydrogen-bond donors (Lipinski definition) is 3. The van der Waals surface area contributed by atoms with E-state index >= 15 is 0 Å². The van der Waals surface area contributed by atoms with Gasteiger partial charge in [-0.25, -0.2) is 4.99 Å². The highest BCUT2D eigenvalue weighted by atomic mass is 19.4. The van der Waals surface area contributed by atoms with E-state index in [0.717, 1.165) is 17.7 Å². The number of phenolic OH excluding ortho intramolecular Hbond substituents is 1. The second-order valence-corrected chi connectivity index (χ2v) is 5.74. The monoisotopic (exact) mass is 365 g/mol. The molecule has 2 aromatic rings. The van der Waals surface area contributed by atoms with Crippen LogP contribution in [0.1, 0.15) is 23.6 Å². The van der Waals surface area contributed by atoms with Gasteiger partial charge in [-0.3, -0.25) is 0 Å². The van der Waals surface area contributed by atoms with Crippen LogP contribution in [0.25, 0.3) is 0 Å². The van der Waals surface area contributed by atoms with Crippen LogP contribution < -0.4 is 10.6 Å². The molecule has 26 heavy (non-hydrogen) atoms. The molecule has 0 saturated heterocycles. The molecule has 0 saturated carbocycles. The Balaban J connectivity index is 1.96. The van der Waals surface area contributed by atoms with Gasteiger partial charge in [-0.15, -0.1) is 0 Å². The molecule has 0 atom stereocenters. The zero-order valence-corrected chi connectivity index (χ0v) is 14.5. The van der Waals surface area contributed by atoms with E-state index in [2.05, 4.69) is 15.6 Å². The van der Waals surface area contributed by atoms with Crippen LogP contribution in [0.4, 0.5) is 13.2 Å². The van der Waals surface area contributed by atoms with Crippen molar-refractivity contribution in [2.75, 3.05) is 13.1 Å². The molecule has 2 aromatic carbocycles. The van der Waals surface area contributed by atoms with E-state index in [1.54, 1.807) is 24.3 Å². The Bertz CT molecular complexity index is 745. The number of hydrogen-bond acceptors (Lipinski definition) is 2. The van der Waals surface area contributed by atoms with Gasteiger partial charge in [-0.1, -0.05) is 24.3 Å². The maximum absolute atomic E-state index is 12.8. The molecule has 0 amide bonds. The molecule has 0 heterocycles. The van der Waals surface area contributed by atoms with Crippen LogP contribution in [0.15, 0.2) is 53.5 Å². The Labute approximate surface area is 150 Å². The molecule has 7 heteroatoms. The van der Waals surface area contributed by atoms with Crippen LogP contribution in [0.3, 0.4) is 0 Å². The van der Waals surface area contributed by atoms with Crippen LogP contribution >= 0.6 is 0 Å². The lowest BCUT2D eigenvalue weighted by Gasteiger charge is -2.12. The summed E-state index contributed by atoms with van der Waals surface area (Å²) in [6, 6.07) is 12.1. The van der Waals surface area contributed by atoms with Crippen LogP contribution in [-0.4, -0.2) is 24.2 Å².